The maximum atomic E-state index is 12.6. The van der Waals surface area contributed by atoms with Gasteiger partial charge in [0.2, 0.25) is 11.8 Å². The smallest absolute Gasteiger partial charge is 0.225 e. The molecule has 0 radical (unpaired) electrons. The number of ether oxygens (including phenoxy) is 1. The normalized spacial score (nSPS) is 22.0. The summed E-state index contributed by atoms with van der Waals surface area (Å²) in [5.74, 6) is 1.24. The van der Waals surface area contributed by atoms with Gasteiger partial charge in [0.15, 0.2) is 0 Å². The first-order valence-corrected chi connectivity index (χ1v) is 9.11. The van der Waals surface area contributed by atoms with E-state index < -0.39 is 0 Å². The van der Waals surface area contributed by atoms with Gasteiger partial charge in [0.25, 0.3) is 0 Å². The molecule has 1 saturated carbocycles. The van der Waals surface area contributed by atoms with Gasteiger partial charge in [-0.25, -0.2) is 4.98 Å². The van der Waals surface area contributed by atoms with Gasteiger partial charge in [0, 0.05) is 30.3 Å². The Morgan fingerprint density at radius 2 is 1.88 bits per heavy atom. The van der Waals surface area contributed by atoms with Crippen molar-refractivity contribution in [2.75, 3.05) is 13.1 Å². The molecule has 126 valence electrons. The summed E-state index contributed by atoms with van der Waals surface area (Å²) in [6.07, 6.45) is 6.76. The van der Waals surface area contributed by atoms with Crippen LogP contribution in [0.25, 0.3) is 10.9 Å². The Morgan fingerprint density at radius 3 is 2.75 bits per heavy atom. The quantitative estimate of drug-likeness (QED) is 0.862. The molecule has 2 aromatic rings. The molecule has 2 aliphatic rings. The lowest BCUT2D eigenvalue weighted by Gasteiger charge is -2.26. The number of aromatic nitrogens is 1. The predicted molar refractivity (Wildman–Crippen MR) is 93.9 cm³/mol. The number of fused-ring (bicyclic) bond motifs is 1. The minimum Gasteiger partial charge on any atom is -0.472 e. The molecule has 1 amide bonds. The second-order valence-electron chi connectivity index (χ2n) is 6.99. The van der Waals surface area contributed by atoms with Crippen molar-refractivity contribution in [3.8, 4) is 5.88 Å². The Kier molecular flexibility index (Phi) is 4.37. The molecule has 0 spiro atoms. The lowest BCUT2D eigenvalue weighted by Crippen LogP contribution is -2.36. The molecule has 1 atom stereocenters. The van der Waals surface area contributed by atoms with E-state index in [1.165, 1.54) is 19.3 Å². The molecule has 4 rings (SSSR count). The van der Waals surface area contributed by atoms with Crippen molar-refractivity contribution in [1.82, 2.24) is 9.88 Å². The Labute approximate surface area is 142 Å². The average Bonchev–Trinajstić information content (AvgIpc) is 3.10. The van der Waals surface area contributed by atoms with E-state index in [4.69, 9.17) is 4.74 Å². The SMILES string of the molecule is O=C(C1CCCCC1)N1CCC(Oc2ccc3ccccc3n2)C1. The molecule has 2 heterocycles. The van der Waals surface area contributed by atoms with Crippen LogP contribution in [-0.2, 0) is 4.79 Å². The first-order chi connectivity index (χ1) is 11.8. The number of benzene rings is 1. The van der Waals surface area contributed by atoms with Crippen molar-refractivity contribution < 1.29 is 9.53 Å². The van der Waals surface area contributed by atoms with Crippen LogP contribution in [0.15, 0.2) is 36.4 Å². The van der Waals surface area contributed by atoms with Crippen molar-refractivity contribution in [2.45, 2.75) is 44.6 Å². The summed E-state index contributed by atoms with van der Waals surface area (Å²) in [6, 6.07) is 12.0. The van der Waals surface area contributed by atoms with E-state index in [1.807, 2.05) is 41.3 Å². The molecular formula is C20H24N2O2. The molecule has 0 bridgehead atoms. The molecule has 1 aromatic heterocycles. The van der Waals surface area contributed by atoms with E-state index >= 15 is 0 Å². The Balaban J connectivity index is 1.38. The van der Waals surface area contributed by atoms with Crippen molar-refractivity contribution in [3.63, 3.8) is 0 Å². The van der Waals surface area contributed by atoms with Crippen LogP contribution >= 0.6 is 0 Å². The highest BCUT2D eigenvalue weighted by molar-refractivity contribution is 5.79. The zero-order chi connectivity index (χ0) is 16.4. The van der Waals surface area contributed by atoms with Crippen molar-refractivity contribution in [3.05, 3.63) is 36.4 Å². The number of carbonyl (C=O) groups excluding carboxylic acids is 1. The highest BCUT2D eigenvalue weighted by Gasteiger charge is 2.32. The van der Waals surface area contributed by atoms with E-state index in [1.54, 1.807) is 0 Å². The number of hydrogen-bond donors (Lipinski definition) is 0. The number of nitrogens with zero attached hydrogens (tertiary/aromatic N) is 2. The second kappa shape index (κ2) is 6.80. The topological polar surface area (TPSA) is 42.4 Å². The van der Waals surface area contributed by atoms with Gasteiger partial charge in [-0.3, -0.25) is 4.79 Å². The fourth-order valence-electron chi connectivity index (χ4n) is 3.92. The molecule has 4 nitrogen and oxygen atoms in total. The third kappa shape index (κ3) is 3.23. The van der Waals surface area contributed by atoms with Crippen LogP contribution in [0.3, 0.4) is 0 Å². The predicted octanol–water partition coefficient (Wildman–Crippen LogP) is 3.79. The summed E-state index contributed by atoms with van der Waals surface area (Å²) < 4.78 is 6.05. The largest absolute Gasteiger partial charge is 0.472 e. The van der Waals surface area contributed by atoms with Crippen molar-refractivity contribution in [1.29, 1.82) is 0 Å². The summed E-state index contributed by atoms with van der Waals surface area (Å²) >= 11 is 0. The molecule has 1 aliphatic carbocycles. The van der Waals surface area contributed by atoms with E-state index in [-0.39, 0.29) is 12.0 Å². The molecule has 24 heavy (non-hydrogen) atoms. The molecule has 2 fully saturated rings. The lowest BCUT2D eigenvalue weighted by molar-refractivity contribution is -0.135. The van der Waals surface area contributed by atoms with Crippen LogP contribution in [-0.4, -0.2) is 35.0 Å². The van der Waals surface area contributed by atoms with Crippen molar-refractivity contribution in [2.24, 2.45) is 5.92 Å². The molecular weight excluding hydrogens is 300 g/mol. The van der Waals surface area contributed by atoms with Crippen LogP contribution in [0.1, 0.15) is 38.5 Å². The Morgan fingerprint density at radius 1 is 1.04 bits per heavy atom. The number of hydrogen-bond acceptors (Lipinski definition) is 3. The average molecular weight is 324 g/mol. The fraction of sp³-hybridized carbons (Fsp3) is 0.500. The summed E-state index contributed by atoms with van der Waals surface area (Å²) in [5, 5.41) is 1.12. The second-order valence-corrected chi connectivity index (χ2v) is 6.99. The zero-order valence-corrected chi connectivity index (χ0v) is 14.0. The monoisotopic (exact) mass is 324 g/mol. The molecule has 1 aliphatic heterocycles. The number of rotatable bonds is 3. The van der Waals surface area contributed by atoms with Gasteiger partial charge in [-0.15, -0.1) is 0 Å². The number of amides is 1. The number of para-hydroxylation sites is 1. The Bertz CT molecular complexity index is 724. The van der Waals surface area contributed by atoms with Crippen LogP contribution in [0.2, 0.25) is 0 Å². The van der Waals surface area contributed by atoms with Gasteiger partial charge in [-0.1, -0.05) is 37.5 Å². The van der Waals surface area contributed by atoms with Crippen LogP contribution in [0, 0.1) is 5.92 Å². The molecule has 1 unspecified atom stereocenters. The number of likely N-dealkylation sites (tertiary alicyclic amines) is 1. The summed E-state index contributed by atoms with van der Waals surface area (Å²) in [4.78, 5) is 19.2. The van der Waals surface area contributed by atoms with Gasteiger partial charge >= 0.3 is 0 Å². The summed E-state index contributed by atoms with van der Waals surface area (Å²) in [5.41, 5.74) is 0.947. The Hall–Kier alpha value is -2.10. The molecule has 1 aromatic carbocycles. The van der Waals surface area contributed by atoms with E-state index in [0.717, 1.165) is 36.7 Å². The fourth-order valence-corrected chi connectivity index (χ4v) is 3.92. The van der Waals surface area contributed by atoms with Crippen LogP contribution in [0.4, 0.5) is 0 Å². The van der Waals surface area contributed by atoms with Crippen molar-refractivity contribution >= 4 is 16.8 Å². The third-order valence-corrected chi connectivity index (χ3v) is 5.27. The highest BCUT2D eigenvalue weighted by atomic mass is 16.5. The summed E-state index contributed by atoms with van der Waals surface area (Å²) in [6.45, 7) is 1.51. The minimum atomic E-state index is 0.0613. The standard InChI is InChI=1S/C20H24N2O2/c23-20(16-7-2-1-3-8-16)22-13-12-17(14-22)24-19-11-10-15-6-4-5-9-18(15)21-19/h4-6,9-11,16-17H,1-3,7-8,12-14H2. The van der Waals surface area contributed by atoms with Crippen LogP contribution < -0.4 is 4.74 Å². The maximum Gasteiger partial charge on any atom is 0.225 e. The van der Waals surface area contributed by atoms with E-state index in [0.29, 0.717) is 18.3 Å². The zero-order valence-electron chi connectivity index (χ0n) is 14.0. The maximum absolute atomic E-state index is 12.6. The lowest BCUT2D eigenvalue weighted by atomic mass is 9.88. The first kappa shape index (κ1) is 15.4. The first-order valence-electron chi connectivity index (χ1n) is 9.11. The third-order valence-electron chi connectivity index (χ3n) is 5.27. The van der Waals surface area contributed by atoms with E-state index in [9.17, 15) is 4.79 Å². The number of carbonyl (C=O) groups is 1. The number of pyridine rings is 1. The van der Waals surface area contributed by atoms with E-state index in [2.05, 4.69) is 4.98 Å². The van der Waals surface area contributed by atoms with Gasteiger partial charge in [0.1, 0.15) is 6.10 Å². The van der Waals surface area contributed by atoms with Gasteiger partial charge in [-0.05, 0) is 25.0 Å². The highest BCUT2D eigenvalue weighted by Crippen LogP contribution is 2.27. The van der Waals surface area contributed by atoms with Gasteiger partial charge in [-0.2, -0.15) is 0 Å². The molecule has 1 saturated heterocycles. The van der Waals surface area contributed by atoms with Gasteiger partial charge in [0.05, 0.1) is 12.1 Å². The minimum absolute atomic E-state index is 0.0613. The van der Waals surface area contributed by atoms with Gasteiger partial charge < -0.3 is 9.64 Å². The summed E-state index contributed by atoms with van der Waals surface area (Å²) in [7, 11) is 0. The molecule has 4 heteroatoms. The molecule has 0 N–H and O–H groups in total. The van der Waals surface area contributed by atoms with Crippen LogP contribution in [0.5, 0.6) is 5.88 Å².